The predicted octanol–water partition coefficient (Wildman–Crippen LogP) is 2.48. The first-order chi connectivity index (χ1) is 11.3. The van der Waals surface area contributed by atoms with Crippen LogP contribution in [0.2, 0.25) is 5.15 Å². The quantitative estimate of drug-likeness (QED) is 0.867. The van der Waals surface area contributed by atoms with Crippen LogP contribution in [0.1, 0.15) is 43.5 Å². The Morgan fingerprint density at radius 3 is 2.65 bits per heavy atom. The number of rotatable bonds is 4. The molecule has 0 unspecified atom stereocenters. The first kappa shape index (κ1) is 14.7. The fraction of sp³-hybridized carbons (Fsp3) is 0.600. The average molecular weight is 334 g/mol. The van der Waals surface area contributed by atoms with Crippen molar-refractivity contribution in [2.75, 3.05) is 30.4 Å². The summed E-state index contributed by atoms with van der Waals surface area (Å²) in [6, 6.07) is 0.634. The number of piperidine rings is 1. The van der Waals surface area contributed by atoms with E-state index in [2.05, 4.69) is 34.9 Å². The van der Waals surface area contributed by atoms with Crippen molar-refractivity contribution in [1.82, 2.24) is 24.7 Å². The van der Waals surface area contributed by atoms with Gasteiger partial charge in [0.2, 0.25) is 0 Å². The number of nitrogens with one attached hydrogen (secondary N) is 1. The third-order valence-corrected chi connectivity index (χ3v) is 5.02. The van der Waals surface area contributed by atoms with Crippen molar-refractivity contribution in [1.29, 1.82) is 0 Å². The van der Waals surface area contributed by atoms with Gasteiger partial charge in [0, 0.05) is 32.1 Å². The molecule has 0 aromatic carbocycles. The molecule has 7 nitrogen and oxygen atoms in total. The Balaban J connectivity index is 1.49. The van der Waals surface area contributed by atoms with E-state index in [0.29, 0.717) is 17.1 Å². The number of anilines is 2. The maximum absolute atomic E-state index is 6.16. The molecule has 23 heavy (non-hydrogen) atoms. The van der Waals surface area contributed by atoms with Crippen LogP contribution < -0.4 is 10.2 Å². The van der Waals surface area contributed by atoms with Crippen LogP contribution in [0.15, 0.2) is 12.7 Å². The van der Waals surface area contributed by atoms with Gasteiger partial charge in [0.15, 0.2) is 11.0 Å². The summed E-state index contributed by atoms with van der Waals surface area (Å²) >= 11 is 6.16. The normalized spacial score (nSPS) is 19.1. The van der Waals surface area contributed by atoms with Gasteiger partial charge >= 0.3 is 0 Å². The van der Waals surface area contributed by atoms with Crippen LogP contribution in [0.4, 0.5) is 11.5 Å². The zero-order valence-electron chi connectivity index (χ0n) is 13.1. The van der Waals surface area contributed by atoms with Crippen molar-refractivity contribution >= 4 is 23.1 Å². The van der Waals surface area contributed by atoms with Gasteiger partial charge in [-0.1, -0.05) is 11.6 Å². The molecule has 1 saturated heterocycles. The highest BCUT2D eigenvalue weighted by Crippen LogP contribution is 2.39. The largest absolute Gasteiger partial charge is 0.383 e. The minimum Gasteiger partial charge on any atom is -0.383 e. The third kappa shape index (κ3) is 2.73. The van der Waals surface area contributed by atoms with Gasteiger partial charge in [-0.15, -0.1) is 10.2 Å². The highest BCUT2D eigenvalue weighted by molar-refractivity contribution is 6.32. The average Bonchev–Trinajstić information content (AvgIpc) is 3.31. The molecule has 1 saturated carbocycles. The summed E-state index contributed by atoms with van der Waals surface area (Å²) in [5, 5.41) is 12.1. The summed E-state index contributed by atoms with van der Waals surface area (Å²) in [5.41, 5.74) is 0.800. The lowest BCUT2D eigenvalue weighted by Crippen LogP contribution is -2.34. The second-order valence-corrected chi connectivity index (χ2v) is 6.56. The lowest BCUT2D eigenvalue weighted by molar-refractivity contribution is 0.463. The summed E-state index contributed by atoms with van der Waals surface area (Å²) in [6.45, 7) is 1.87. The smallest absolute Gasteiger partial charge is 0.157 e. The molecule has 2 aromatic heterocycles. The molecule has 1 N–H and O–H groups in total. The van der Waals surface area contributed by atoms with Crippen LogP contribution in [0.5, 0.6) is 0 Å². The molecule has 0 atom stereocenters. The molecule has 0 amide bonds. The molecular formula is C15H20ClN7. The minimum absolute atomic E-state index is 0.466. The number of nitrogens with zero attached hydrogens (tertiary/aromatic N) is 6. The topological polar surface area (TPSA) is 71.8 Å². The SMILES string of the molecule is CNc1c(Cl)ncnc1N1CCC(c2nncn2C2CC2)CC1. The van der Waals surface area contributed by atoms with Gasteiger partial charge in [-0.05, 0) is 25.7 Å². The molecule has 2 aromatic rings. The number of aromatic nitrogens is 5. The van der Waals surface area contributed by atoms with Crippen molar-refractivity contribution < 1.29 is 0 Å². The monoisotopic (exact) mass is 333 g/mol. The Bertz CT molecular complexity index is 689. The van der Waals surface area contributed by atoms with Gasteiger partial charge < -0.3 is 14.8 Å². The van der Waals surface area contributed by atoms with Crippen LogP contribution in [0.3, 0.4) is 0 Å². The molecule has 8 heteroatoms. The summed E-state index contributed by atoms with van der Waals surface area (Å²) < 4.78 is 2.28. The van der Waals surface area contributed by atoms with Gasteiger partial charge in [-0.25, -0.2) is 9.97 Å². The zero-order valence-corrected chi connectivity index (χ0v) is 13.9. The number of hydrogen-bond acceptors (Lipinski definition) is 6. The van der Waals surface area contributed by atoms with Gasteiger partial charge in [0.05, 0.1) is 0 Å². The van der Waals surface area contributed by atoms with Crippen LogP contribution >= 0.6 is 11.6 Å². The van der Waals surface area contributed by atoms with Crippen molar-refractivity contribution in [3.63, 3.8) is 0 Å². The Kier molecular flexibility index (Phi) is 3.80. The first-order valence-electron chi connectivity index (χ1n) is 8.10. The molecule has 1 aliphatic carbocycles. The van der Waals surface area contributed by atoms with Gasteiger partial charge in [0.1, 0.15) is 24.2 Å². The highest BCUT2D eigenvalue weighted by atomic mass is 35.5. The Morgan fingerprint density at radius 1 is 1.17 bits per heavy atom. The molecule has 2 aliphatic rings. The summed E-state index contributed by atoms with van der Waals surface area (Å²) in [7, 11) is 1.85. The van der Waals surface area contributed by atoms with Crippen molar-refractivity contribution in [3.05, 3.63) is 23.6 Å². The predicted molar refractivity (Wildman–Crippen MR) is 89.1 cm³/mol. The first-order valence-corrected chi connectivity index (χ1v) is 8.48. The molecule has 2 fully saturated rings. The van der Waals surface area contributed by atoms with Crippen molar-refractivity contribution in [2.45, 2.75) is 37.6 Å². The molecule has 0 radical (unpaired) electrons. The zero-order chi connectivity index (χ0) is 15.8. The van der Waals surface area contributed by atoms with Crippen LogP contribution in [0.25, 0.3) is 0 Å². The van der Waals surface area contributed by atoms with Crippen LogP contribution in [0, 0.1) is 0 Å². The van der Waals surface area contributed by atoms with E-state index >= 15 is 0 Å². The van der Waals surface area contributed by atoms with E-state index < -0.39 is 0 Å². The molecular weight excluding hydrogens is 314 g/mol. The van der Waals surface area contributed by atoms with Gasteiger partial charge in [-0.2, -0.15) is 0 Å². The van der Waals surface area contributed by atoms with Gasteiger partial charge in [0.25, 0.3) is 0 Å². The number of halogens is 1. The Morgan fingerprint density at radius 2 is 1.96 bits per heavy atom. The molecule has 122 valence electrons. The molecule has 0 spiro atoms. The van der Waals surface area contributed by atoms with E-state index in [9.17, 15) is 0 Å². The van der Waals surface area contributed by atoms with E-state index in [1.165, 1.54) is 19.2 Å². The van der Waals surface area contributed by atoms with E-state index in [1.54, 1.807) is 0 Å². The summed E-state index contributed by atoms with van der Waals surface area (Å²) in [6.07, 6.45) is 8.03. The van der Waals surface area contributed by atoms with E-state index in [1.807, 2.05) is 13.4 Å². The fourth-order valence-electron chi connectivity index (χ4n) is 3.34. The highest BCUT2D eigenvalue weighted by Gasteiger charge is 2.31. The fourth-order valence-corrected chi connectivity index (χ4v) is 3.56. The Labute approximate surface area is 140 Å². The third-order valence-electron chi connectivity index (χ3n) is 4.73. The Hall–Kier alpha value is -1.89. The van der Waals surface area contributed by atoms with Crippen LogP contribution in [-0.4, -0.2) is 44.9 Å². The van der Waals surface area contributed by atoms with E-state index in [0.717, 1.165) is 43.3 Å². The number of hydrogen-bond donors (Lipinski definition) is 1. The molecule has 1 aliphatic heterocycles. The molecule has 4 rings (SSSR count). The van der Waals surface area contributed by atoms with Crippen molar-refractivity contribution in [3.8, 4) is 0 Å². The van der Waals surface area contributed by atoms with Crippen molar-refractivity contribution in [2.24, 2.45) is 0 Å². The lowest BCUT2D eigenvalue weighted by Gasteiger charge is -2.33. The summed E-state index contributed by atoms with van der Waals surface area (Å²) in [4.78, 5) is 10.7. The lowest BCUT2D eigenvalue weighted by atomic mass is 9.95. The standard InChI is InChI=1S/C15H20ClN7/c1-17-12-13(16)18-8-19-15(12)22-6-4-10(5-7-22)14-21-20-9-23(14)11-2-3-11/h8-11,17H,2-7H2,1H3. The maximum Gasteiger partial charge on any atom is 0.157 e. The molecule has 3 heterocycles. The maximum atomic E-state index is 6.16. The second kappa shape index (κ2) is 5.96. The second-order valence-electron chi connectivity index (χ2n) is 6.20. The van der Waals surface area contributed by atoms with Crippen LogP contribution in [-0.2, 0) is 0 Å². The molecule has 0 bridgehead atoms. The van der Waals surface area contributed by atoms with E-state index in [-0.39, 0.29) is 0 Å². The minimum atomic E-state index is 0.466. The summed E-state index contributed by atoms with van der Waals surface area (Å²) in [5.74, 6) is 2.51. The van der Waals surface area contributed by atoms with E-state index in [4.69, 9.17) is 11.6 Å². The van der Waals surface area contributed by atoms with Gasteiger partial charge in [-0.3, -0.25) is 0 Å².